The van der Waals surface area contributed by atoms with Crippen LogP contribution in [-0.4, -0.2) is 23.9 Å². The predicted octanol–water partition coefficient (Wildman–Crippen LogP) is 3.02. The molecule has 112 valence electrons. The predicted molar refractivity (Wildman–Crippen MR) is 87.2 cm³/mol. The minimum absolute atomic E-state index is 0.124. The summed E-state index contributed by atoms with van der Waals surface area (Å²) >= 11 is 0. The van der Waals surface area contributed by atoms with E-state index in [-0.39, 0.29) is 11.9 Å². The normalized spacial score (nSPS) is 11.7. The van der Waals surface area contributed by atoms with Crippen LogP contribution in [0.2, 0.25) is 0 Å². The van der Waals surface area contributed by atoms with Crippen LogP contribution in [0.5, 0.6) is 0 Å². The van der Waals surface area contributed by atoms with Gasteiger partial charge in [-0.05, 0) is 31.7 Å². The second kappa shape index (κ2) is 7.39. The Hall–Kier alpha value is -2.64. The van der Waals surface area contributed by atoms with Gasteiger partial charge in [0.25, 0.3) is 0 Å². The van der Waals surface area contributed by atoms with Gasteiger partial charge in [0.05, 0.1) is 17.3 Å². The number of benzene rings is 2. The quantitative estimate of drug-likeness (QED) is 0.922. The molecule has 0 aliphatic carbocycles. The minimum atomic E-state index is -0.299. The van der Waals surface area contributed by atoms with Crippen molar-refractivity contribution in [2.24, 2.45) is 0 Å². The Labute approximate surface area is 131 Å². The number of nitriles is 1. The zero-order valence-electron chi connectivity index (χ0n) is 12.8. The zero-order chi connectivity index (χ0) is 15.9. The molecule has 0 saturated heterocycles. The van der Waals surface area contributed by atoms with E-state index in [1.807, 2.05) is 49.2 Å². The van der Waals surface area contributed by atoms with Crippen LogP contribution in [0.3, 0.4) is 0 Å². The van der Waals surface area contributed by atoms with Crippen LogP contribution in [0.15, 0.2) is 54.6 Å². The summed E-state index contributed by atoms with van der Waals surface area (Å²) in [5.74, 6) is -0.124. The number of nitrogens with one attached hydrogen (secondary N) is 1. The lowest BCUT2D eigenvalue weighted by atomic mass is 10.1. The summed E-state index contributed by atoms with van der Waals surface area (Å²) in [5, 5.41) is 11.9. The molecule has 22 heavy (non-hydrogen) atoms. The first-order chi connectivity index (χ1) is 10.6. The number of amides is 1. The lowest BCUT2D eigenvalue weighted by Crippen LogP contribution is -2.39. The molecule has 1 amide bonds. The molecular formula is C18H19N3O. The first-order valence-corrected chi connectivity index (χ1v) is 7.16. The molecule has 0 radical (unpaired) electrons. The summed E-state index contributed by atoms with van der Waals surface area (Å²) in [6, 6.07) is 18.8. The molecule has 0 bridgehead atoms. The molecule has 0 aromatic heterocycles. The van der Waals surface area contributed by atoms with Gasteiger partial charge in [0.15, 0.2) is 0 Å². The van der Waals surface area contributed by atoms with E-state index in [1.54, 1.807) is 24.3 Å². The third kappa shape index (κ3) is 3.94. The molecule has 0 aliphatic heterocycles. The van der Waals surface area contributed by atoms with E-state index in [0.29, 0.717) is 17.8 Å². The maximum Gasteiger partial charge on any atom is 0.241 e. The summed E-state index contributed by atoms with van der Waals surface area (Å²) in [6.07, 6.45) is 0. The Balaban J connectivity index is 2.01. The van der Waals surface area contributed by atoms with Crippen LogP contribution < -0.4 is 5.32 Å². The van der Waals surface area contributed by atoms with Crippen molar-refractivity contribution in [3.63, 3.8) is 0 Å². The van der Waals surface area contributed by atoms with Crippen molar-refractivity contribution in [1.29, 1.82) is 5.26 Å². The molecule has 0 fully saturated rings. The van der Waals surface area contributed by atoms with Crippen molar-refractivity contribution in [3.05, 3.63) is 65.7 Å². The monoisotopic (exact) mass is 293 g/mol. The van der Waals surface area contributed by atoms with Gasteiger partial charge in [-0.3, -0.25) is 9.69 Å². The van der Waals surface area contributed by atoms with Crippen LogP contribution in [0, 0.1) is 11.3 Å². The van der Waals surface area contributed by atoms with Crippen molar-refractivity contribution < 1.29 is 4.79 Å². The number of nitrogens with zero attached hydrogens (tertiary/aromatic N) is 2. The van der Waals surface area contributed by atoms with Crippen LogP contribution >= 0.6 is 0 Å². The molecule has 4 nitrogen and oxygen atoms in total. The lowest BCUT2D eigenvalue weighted by molar-refractivity contribution is -0.120. The van der Waals surface area contributed by atoms with Gasteiger partial charge in [-0.1, -0.05) is 42.5 Å². The van der Waals surface area contributed by atoms with E-state index < -0.39 is 0 Å². The average Bonchev–Trinajstić information content (AvgIpc) is 2.55. The maximum atomic E-state index is 12.4. The first kappa shape index (κ1) is 15.7. The van der Waals surface area contributed by atoms with Crippen LogP contribution in [0.25, 0.3) is 0 Å². The van der Waals surface area contributed by atoms with Crippen molar-refractivity contribution in [2.45, 2.75) is 19.5 Å². The molecular weight excluding hydrogens is 274 g/mol. The fourth-order valence-electron chi connectivity index (χ4n) is 2.14. The van der Waals surface area contributed by atoms with Gasteiger partial charge < -0.3 is 5.32 Å². The van der Waals surface area contributed by atoms with Gasteiger partial charge in [0.2, 0.25) is 5.91 Å². The Morgan fingerprint density at radius 1 is 1.18 bits per heavy atom. The number of para-hydroxylation sites is 1. The summed E-state index contributed by atoms with van der Waals surface area (Å²) in [5.41, 5.74) is 2.17. The lowest BCUT2D eigenvalue weighted by Gasteiger charge is -2.24. The summed E-state index contributed by atoms with van der Waals surface area (Å²) in [6.45, 7) is 2.54. The average molecular weight is 293 g/mol. The summed E-state index contributed by atoms with van der Waals surface area (Å²) < 4.78 is 0. The zero-order valence-corrected chi connectivity index (χ0v) is 12.8. The van der Waals surface area contributed by atoms with Crippen molar-refractivity contribution in [1.82, 2.24) is 4.90 Å². The number of anilines is 1. The number of hydrogen-bond acceptors (Lipinski definition) is 3. The number of hydrogen-bond donors (Lipinski definition) is 1. The Morgan fingerprint density at radius 3 is 2.50 bits per heavy atom. The van der Waals surface area contributed by atoms with Gasteiger partial charge in [0.1, 0.15) is 6.07 Å². The first-order valence-electron chi connectivity index (χ1n) is 7.16. The van der Waals surface area contributed by atoms with Crippen molar-refractivity contribution >= 4 is 11.6 Å². The van der Waals surface area contributed by atoms with Crippen LogP contribution in [-0.2, 0) is 11.3 Å². The highest BCUT2D eigenvalue weighted by Crippen LogP contribution is 2.15. The van der Waals surface area contributed by atoms with E-state index in [9.17, 15) is 4.79 Å². The third-order valence-electron chi connectivity index (χ3n) is 3.62. The van der Waals surface area contributed by atoms with Gasteiger partial charge >= 0.3 is 0 Å². The Bertz CT molecular complexity index is 676. The van der Waals surface area contributed by atoms with Crippen molar-refractivity contribution in [3.8, 4) is 6.07 Å². The molecule has 0 aliphatic rings. The highest BCUT2D eigenvalue weighted by Gasteiger charge is 2.19. The summed E-state index contributed by atoms with van der Waals surface area (Å²) in [7, 11) is 1.91. The Morgan fingerprint density at radius 2 is 1.82 bits per heavy atom. The molecule has 0 saturated carbocycles. The third-order valence-corrected chi connectivity index (χ3v) is 3.62. The molecule has 0 spiro atoms. The molecule has 2 aromatic carbocycles. The number of likely N-dealkylation sites (N-methyl/N-ethyl adjacent to an activating group) is 1. The fraction of sp³-hybridized carbons (Fsp3) is 0.222. The molecule has 1 atom stereocenters. The number of carbonyl (C=O) groups is 1. The standard InChI is InChI=1S/C18H19N3O/c1-14(21(2)13-15-8-4-3-5-9-15)18(22)20-17-11-7-6-10-16(17)12-19/h3-11,14H,13H2,1-2H3,(H,20,22)/t14-/m1/s1. The smallest absolute Gasteiger partial charge is 0.241 e. The highest BCUT2D eigenvalue weighted by molar-refractivity contribution is 5.95. The van der Waals surface area contributed by atoms with Gasteiger partial charge in [-0.25, -0.2) is 0 Å². The Kier molecular flexibility index (Phi) is 5.29. The minimum Gasteiger partial charge on any atom is -0.324 e. The topological polar surface area (TPSA) is 56.1 Å². The molecule has 0 heterocycles. The van der Waals surface area contributed by atoms with Gasteiger partial charge in [-0.15, -0.1) is 0 Å². The molecule has 2 rings (SSSR count). The molecule has 1 N–H and O–H groups in total. The van der Waals surface area contributed by atoms with E-state index in [0.717, 1.165) is 5.56 Å². The molecule has 4 heteroatoms. The largest absolute Gasteiger partial charge is 0.324 e. The van der Waals surface area contributed by atoms with E-state index >= 15 is 0 Å². The van der Waals surface area contributed by atoms with Crippen LogP contribution in [0.4, 0.5) is 5.69 Å². The van der Waals surface area contributed by atoms with Crippen molar-refractivity contribution in [2.75, 3.05) is 12.4 Å². The SMILES string of the molecule is C[C@H](C(=O)Nc1ccccc1C#N)N(C)Cc1ccccc1. The van der Waals surface area contributed by atoms with E-state index in [4.69, 9.17) is 5.26 Å². The van der Waals surface area contributed by atoms with Crippen LogP contribution in [0.1, 0.15) is 18.1 Å². The number of rotatable bonds is 5. The molecule has 0 unspecified atom stereocenters. The summed E-state index contributed by atoms with van der Waals surface area (Å²) in [4.78, 5) is 14.3. The maximum absolute atomic E-state index is 12.4. The molecule has 2 aromatic rings. The van der Waals surface area contributed by atoms with E-state index in [1.165, 1.54) is 0 Å². The fourth-order valence-corrected chi connectivity index (χ4v) is 2.14. The van der Waals surface area contributed by atoms with Gasteiger partial charge in [0, 0.05) is 6.54 Å². The second-order valence-corrected chi connectivity index (χ2v) is 5.22. The van der Waals surface area contributed by atoms with E-state index in [2.05, 4.69) is 11.4 Å². The highest BCUT2D eigenvalue weighted by atomic mass is 16.2. The van der Waals surface area contributed by atoms with Gasteiger partial charge in [-0.2, -0.15) is 5.26 Å². The second-order valence-electron chi connectivity index (χ2n) is 5.22. The number of carbonyl (C=O) groups excluding carboxylic acids is 1.